The molecule has 3 rings (SSSR count). The molecule has 1 saturated heterocycles. The van der Waals surface area contributed by atoms with E-state index < -0.39 is 0 Å². The number of rotatable bonds is 7. The standard InChI is InChI=1S/C21H27ClN6O.HI/c1-2-23-21(26-13-12-25-20(29)16-7-4-3-5-8-16)27-17-10-14-28(15-17)19-18(22)9-6-11-24-19;/h3-9,11,17H,2,10,12-15H2,1H3,(H,25,29)(H2,23,26,27);1H. The van der Waals surface area contributed by atoms with E-state index in [1.54, 1.807) is 18.3 Å². The van der Waals surface area contributed by atoms with Gasteiger partial charge < -0.3 is 20.9 Å². The molecule has 1 fully saturated rings. The van der Waals surface area contributed by atoms with E-state index in [0.717, 1.165) is 37.8 Å². The molecule has 0 radical (unpaired) electrons. The average Bonchev–Trinajstić information content (AvgIpc) is 3.20. The number of nitrogens with zero attached hydrogens (tertiary/aromatic N) is 3. The highest BCUT2D eigenvalue weighted by Gasteiger charge is 2.25. The average molecular weight is 543 g/mol. The lowest BCUT2D eigenvalue weighted by molar-refractivity contribution is 0.0955. The molecule has 2 heterocycles. The first-order valence-electron chi connectivity index (χ1n) is 9.91. The molecule has 1 aromatic carbocycles. The Balaban J connectivity index is 0.00000320. The summed E-state index contributed by atoms with van der Waals surface area (Å²) >= 11 is 6.27. The molecule has 1 aliphatic rings. The van der Waals surface area contributed by atoms with Crippen LogP contribution in [-0.4, -0.2) is 55.6 Å². The van der Waals surface area contributed by atoms with Crippen molar-refractivity contribution >= 4 is 53.3 Å². The number of amides is 1. The van der Waals surface area contributed by atoms with Gasteiger partial charge in [-0.25, -0.2) is 4.98 Å². The first-order valence-corrected chi connectivity index (χ1v) is 10.3. The van der Waals surface area contributed by atoms with Crippen LogP contribution in [0.5, 0.6) is 0 Å². The molecule has 9 heteroatoms. The van der Waals surface area contributed by atoms with E-state index in [-0.39, 0.29) is 35.9 Å². The van der Waals surface area contributed by atoms with Crippen LogP contribution >= 0.6 is 35.6 Å². The van der Waals surface area contributed by atoms with E-state index in [2.05, 4.69) is 30.8 Å². The van der Waals surface area contributed by atoms with Crippen molar-refractivity contribution in [3.63, 3.8) is 0 Å². The lowest BCUT2D eigenvalue weighted by atomic mass is 10.2. The molecular formula is C21H28ClIN6O. The Kier molecular flexibility index (Phi) is 10.2. The second-order valence-corrected chi connectivity index (χ2v) is 7.17. The fourth-order valence-corrected chi connectivity index (χ4v) is 3.46. The Morgan fingerprint density at radius 2 is 2.03 bits per heavy atom. The fourth-order valence-electron chi connectivity index (χ4n) is 3.22. The van der Waals surface area contributed by atoms with Gasteiger partial charge in [0.25, 0.3) is 5.91 Å². The number of anilines is 1. The number of benzene rings is 1. The van der Waals surface area contributed by atoms with E-state index in [1.807, 2.05) is 37.3 Å². The summed E-state index contributed by atoms with van der Waals surface area (Å²) in [6, 6.07) is 13.1. The lowest BCUT2D eigenvalue weighted by Gasteiger charge is -2.20. The van der Waals surface area contributed by atoms with Crippen LogP contribution in [0.3, 0.4) is 0 Å². The monoisotopic (exact) mass is 542 g/mol. The maximum absolute atomic E-state index is 12.1. The van der Waals surface area contributed by atoms with Crippen LogP contribution in [0.2, 0.25) is 5.02 Å². The van der Waals surface area contributed by atoms with Crippen molar-refractivity contribution in [2.45, 2.75) is 19.4 Å². The van der Waals surface area contributed by atoms with Crippen LogP contribution in [0.25, 0.3) is 0 Å². The normalized spacial score (nSPS) is 16.0. The zero-order valence-electron chi connectivity index (χ0n) is 17.0. The molecule has 1 atom stereocenters. The highest BCUT2D eigenvalue weighted by molar-refractivity contribution is 14.0. The third-order valence-electron chi connectivity index (χ3n) is 4.62. The Hall–Kier alpha value is -2.07. The van der Waals surface area contributed by atoms with Crippen LogP contribution in [0, 0.1) is 0 Å². The molecule has 0 saturated carbocycles. The van der Waals surface area contributed by atoms with E-state index in [4.69, 9.17) is 11.6 Å². The van der Waals surface area contributed by atoms with E-state index in [0.29, 0.717) is 23.7 Å². The minimum absolute atomic E-state index is 0. The number of pyridine rings is 1. The summed E-state index contributed by atoms with van der Waals surface area (Å²) in [5, 5.41) is 10.3. The first kappa shape index (κ1) is 24.2. The van der Waals surface area contributed by atoms with Crippen molar-refractivity contribution < 1.29 is 4.79 Å². The van der Waals surface area contributed by atoms with Gasteiger partial charge in [0.2, 0.25) is 0 Å². The molecule has 1 unspecified atom stereocenters. The number of guanidine groups is 1. The molecule has 1 amide bonds. The fraction of sp³-hybridized carbons (Fsp3) is 0.381. The summed E-state index contributed by atoms with van der Waals surface area (Å²) in [7, 11) is 0. The summed E-state index contributed by atoms with van der Waals surface area (Å²) < 4.78 is 0. The Bertz CT molecular complexity index is 835. The summed E-state index contributed by atoms with van der Waals surface area (Å²) in [4.78, 5) is 23.2. The van der Waals surface area contributed by atoms with Crippen LogP contribution in [0.4, 0.5) is 5.82 Å². The van der Waals surface area contributed by atoms with Crippen LogP contribution in [0.15, 0.2) is 53.7 Å². The van der Waals surface area contributed by atoms with Crippen molar-refractivity contribution in [1.29, 1.82) is 0 Å². The highest BCUT2D eigenvalue weighted by Crippen LogP contribution is 2.25. The third-order valence-corrected chi connectivity index (χ3v) is 4.91. The molecule has 0 spiro atoms. The van der Waals surface area contributed by atoms with Gasteiger partial charge in [0.15, 0.2) is 5.96 Å². The number of hydrogen-bond donors (Lipinski definition) is 3. The number of aliphatic imine (C=N–C) groups is 1. The number of halogens is 2. The summed E-state index contributed by atoms with van der Waals surface area (Å²) in [6.07, 6.45) is 2.74. The number of aromatic nitrogens is 1. The molecule has 7 nitrogen and oxygen atoms in total. The molecule has 2 aromatic rings. The number of carbonyl (C=O) groups excluding carboxylic acids is 1. The van der Waals surface area contributed by atoms with Crippen molar-refractivity contribution in [3.05, 3.63) is 59.2 Å². The molecule has 3 N–H and O–H groups in total. The van der Waals surface area contributed by atoms with Crippen molar-refractivity contribution in [2.75, 3.05) is 37.6 Å². The quantitative estimate of drug-likeness (QED) is 0.217. The van der Waals surface area contributed by atoms with Gasteiger partial charge in [-0.1, -0.05) is 29.8 Å². The highest BCUT2D eigenvalue weighted by atomic mass is 127. The number of nitrogens with one attached hydrogen (secondary N) is 3. The van der Waals surface area contributed by atoms with Gasteiger partial charge in [-0.05, 0) is 37.6 Å². The largest absolute Gasteiger partial charge is 0.357 e. The molecular weight excluding hydrogens is 515 g/mol. The zero-order valence-corrected chi connectivity index (χ0v) is 20.1. The van der Waals surface area contributed by atoms with E-state index in [1.165, 1.54) is 0 Å². The second-order valence-electron chi connectivity index (χ2n) is 6.77. The van der Waals surface area contributed by atoms with Gasteiger partial charge in [-0.2, -0.15) is 0 Å². The summed E-state index contributed by atoms with van der Waals surface area (Å²) in [6.45, 7) is 5.47. The topological polar surface area (TPSA) is 81.6 Å². The minimum atomic E-state index is -0.0857. The zero-order chi connectivity index (χ0) is 20.5. The Labute approximate surface area is 199 Å². The predicted molar refractivity (Wildman–Crippen MR) is 133 cm³/mol. The van der Waals surface area contributed by atoms with Gasteiger partial charge in [-0.15, -0.1) is 24.0 Å². The minimum Gasteiger partial charge on any atom is -0.357 e. The van der Waals surface area contributed by atoms with Gasteiger partial charge in [0.05, 0.1) is 11.6 Å². The molecule has 0 aliphatic carbocycles. The van der Waals surface area contributed by atoms with Gasteiger partial charge in [-0.3, -0.25) is 9.79 Å². The SMILES string of the molecule is CCNC(=NCCNC(=O)c1ccccc1)NC1CCN(c2ncccc2Cl)C1.I. The molecule has 0 bridgehead atoms. The van der Waals surface area contributed by atoms with Gasteiger partial charge in [0, 0.05) is 44.0 Å². The Morgan fingerprint density at radius 1 is 1.23 bits per heavy atom. The molecule has 162 valence electrons. The third kappa shape index (κ3) is 7.02. The summed E-state index contributed by atoms with van der Waals surface area (Å²) in [5.41, 5.74) is 0.653. The Morgan fingerprint density at radius 3 is 2.77 bits per heavy atom. The van der Waals surface area contributed by atoms with Gasteiger partial charge in [0.1, 0.15) is 5.82 Å². The summed E-state index contributed by atoms with van der Waals surface area (Å²) in [5.74, 6) is 1.49. The maximum Gasteiger partial charge on any atom is 0.251 e. The number of hydrogen-bond acceptors (Lipinski definition) is 4. The van der Waals surface area contributed by atoms with Crippen molar-refractivity contribution in [2.24, 2.45) is 4.99 Å². The number of carbonyl (C=O) groups is 1. The lowest BCUT2D eigenvalue weighted by Crippen LogP contribution is -2.45. The van der Waals surface area contributed by atoms with Crippen LogP contribution in [0.1, 0.15) is 23.7 Å². The van der Waals surface area contributed by atoms with Crippen molar-refractivity contribution in [1.82, 2.24) is 20.9 Å². The molecule has 1 aliphatic heterocycles. The molecule has 1 aromatic heterocycles. The second kappa shape index (κ2) is 12.6. The predicted octanol–water partition coefficient (Wildman–Crippen LogP) is 2.92. The van der Waals surface area contributed by atoms with Gasteiger partial charge >= 0.3 is 0 Å². The maximum atomic E-state index is 12.1. The van der Waals surface area contributed by atoms with Crippen molar-refractivity contribution in [3.8, 4) is 0 Å². The first-order chi connectivity index (χ1) is 14.2. The molecule has 30 heavy (non-hydrogen) atoms. The van der Waals surface area contributed by atoms with Crippen LogP contribution in [-0.2, 0) is 0 Å². The van der Waals surface area contributed by atoms with E-state index >= 15 is 0 Å². The smallest absolute Gasteiger partial charge is 0.251 e. The van der Waals surface area contributed by atoms with Crippen LogP contribution < -0.4 is 20.9 Å². The van der Waals surface area contributed by atoms with E-state index in [9.17, 15) is 4.79 Å².